The Morgan fingerprint density at radius 2 is 1.66 bits per heavy atom. The Hall–Kier alpha value is -3.77. The molecule has 1 heterocycles. The molecule has 2 N–H and O–H groups in total. The summed E-state index contributed by atoms with van der Waals surface area (Å²) in [6, 6.07) is 16.9. The van der Waals surface area contributed by atoms with Gasteiger partial charge in [-0.15, -0.1) is 0 Å². The van der Waals surface area contributed by atoms with Crippen LogP contribution in [0.3, 0.4) is 0 Å². The fourth-order valence-electron chi connectivity index (χ4n) is 3.82. The fraction of sp³-hybridized carbons (Fsp3) is 0.120. The molecule has 1 amide bonds. The summed E-state index contributed by atoms with van der Waals surface area (Å²) in [7, 11) is 1.46. The largest absolute Gasteiger partial charge is 0.508 e. The number of phenols is 1. The molecule has 4 rings (SSSR count). The van der Waals surface area contributed by atoms with Crippen LogP contribution < -0.4 is 9.64 Å². The number of hydrogen-bond acceptors (Lipinski definition) is 5. The minimum absolute atomic E-state index is 0.0394. The predicted octanol–water partition coefficient (Wildman–Crippen LogP) is 4.99. The van der Waals surface area contributed by atoms with Crippen molar-refractivity contribution in [2.75, 3.05) is 12.0 Å². The number of aryl methyl sites for hydroxylation is 1. The smallest absolute Gasteiger partial charge is 0.300 e. The number of Topliss-reactive ketones (excluding diaryl/α,β-unsaturated/α-hetero) is 1. The first-order valence-electron chi connectivity index (χ1n) is 9.82. The molecule has 1 unspecified atom stereocenters. The molecule has 0 bridgehead atoms. The Bertz CT molecular complexity index is 1230. The highest BCUT2D eigenvalue weighted by molar-refractivity contribution is 6.51. The lowest BCUT2D eigenvalue weighted by molar-refractivity contribution is -0.132. The molecule has 0 aromatic heterocycles. The van der Waals surface area contributed by atoms with Gasteiger partial charge in [-0.1, -0.05) is 35.4 Å². The summed E-state index contributed by atoms with van der Waals surface area (Å²) in [5.41, 5.74) is 2.08. The lowest BCUT2D eigenvalue weighted by Crippen LogP contribution is -2.29. The number of ether oxygens (including phenoxy) is 1. The van der Waals surface area contributed by atoms with Gasteiger partial charge in [-0.3, -0.25) is 14.5 Å². The Morgan fingerprint density at radius 1 is 1.00 bits per heavy atom. The number of halogens is 1. The van der Waals surface area contributed by atoms with Crippen molar-refractivity contribution < 1.29 is 24.5 Å². The summed E-state index contributed by atoms with van der Waals surface area (Å²) in [6.45, 7) is 1.85. The van der Waals surface area contributed by atoms with Crippen LogP contribution in [-0.2, 0) is 9.59 Å². The molecule has 1 atom stereocenters. The summed E-state index contributed by atoms with van der Waals surface area (Å²) in [6.07, 6.45) is 0. The summed E-state index contributed by atoms with van der Waals surface area (Å²) < 4.78 is 5.37. The van der Waals surface area contributed by atoms with Gasteiger partial charge in [-0.2, -0.15) is 0 Å². The SMILES string of the molecule is COc1ccc(C)cc1/C(O)=C1\C(=O)C(=O)N(c2ccc(Cl)cc2)C1c1ccc(O)cc1. The van der Waals surface area contributed by atoms with Crippen molar-refractivity contribution in [2.45, 2.75) is 13.0 Å². The Labute approximate surface area is 189 Å². The molecule has 0 aliphatic carbocycles. The van der Waals surface area contributed by atoms with E-state index in [0.717, 1.165) is 5.56 Å². The molecule has 3 aromatic rings. The van der Waals surface area contributed by atoms with Gasteiger partial charge in [-0.25, -0.2) is 0 Å². The lowest BCUT2D eigenvalue weighted by Gasteiger charge is -2.25. The highest BCUT2D eigenvalue weighted by Crippen LogP contribution is 2.43. The minimum Gasteiger partial charge on any atom is -0.508 e. The number of amides is 1. The monoisotopic (exact) mass is 449 g/mol. The molecule has 162 valence electrons. The van der Waals surface area contributed by atoms with Crippen LogP contribution in [0.4, 0.5) is 5.69 Å². The first-order chi connectivity index (χ1) is 15.3. The third-order valence-electron chi connectivity index (χ3n) is 5.37. The third kappa shape index (κ3) is 3.69. The average molecular weight is 450 g/mol. The normalized spacial score (nSPS) is 17.6. The Morgan fingerprint density at radius 3 is 2.28 bits per heavy atom. The predicted molar refractivity (Wildman–Crippen MR) is 122 cm³/mol. The maximum absolute atomic E-state index is 13.2. The van der Waals surface area contributed by atoms with Gasteiger partial charge >= 0.3 is 0 Å². The van der Waals surface area contributed by atoms with E-state index in [9.17, 15) is 19.8 Å². The maximum atomic E-state index is 13.2. The first kappa shape index (κ1) is 21.5. The maximum Gasteiger partial charge on any atom is 0.300 e. The van der Waals surface area contributed by atoms with Crippen LogP contribution in [-0.4, -0.2) is 29.0 Å². The van der Waals surface area contributed by atoms with E-state index in [1.165, 1.54) is 24.1 Å². The van der Waals surface area contributed by atoms with E-state index in [4.69, 9.17) is 16.3 Å². The van der Waals surface area contributed by atoms with Crippen LogP contribution in [0.2, 0.25) is 5.02 Å². The van der Waals surface area contributed by atoms with Gasteiger partial charge in [0.25, 0.3) is 11.7 Å². The second kappa shape index (κ2) is 8.40. The van der Waals surface area contributed by atoms with Crippen molar-refractivity contribution in [3.63, 3.8) is 0 Å². The molecule has 0 spiro atoms. The van der Waals surface area contributed by atoms with E-state index in [-0.39, 0.29) is 17.1 Å². The fourth-order valence-corrected chi connectivity index (χ4v) is 3.95. The number of anilines is 1. The van der Waals surface area contributed by atoms with Gasteiger partial charge in [0.05, 0.1) is 24.3 Å². The molecule has 3 aromatic carbocycles. The number of aliphatic hydroxyl groups excluding tert-OH is 1. The number of hydrogen-bond donors (Lipinski definition) is 2. The summed E-state index contributed by atoms with van der Waals surface area (Å²) in [4.78, 5) is 27.6. The summed E-state index contributed by atoms with van der Waals surface area (Å²) in [5, 5.41) is 21.5. The van der Waals surface area contributed by atoms with E-state index in [1.807, 2.05) is 13.0 Å². The highest BCUT2D eigenvalue weighted by atomic mass is 35.5. The van der Waals surface area contributed by atoms with Gasteiger partial charge in [0.1, 0.15) is 17.3 Å². The van der Waals surface area contributed by atoms with E-state index in [0.29, 0.717) is 27.6 Å². The highest BCUT2D eigenvalue weighted by Gasteiger charge is 2.47. The van der Waals surface area contributed by atoms with E-state index >= 15 is 0 Å². The van der Waals surface area contributed by atoms with E-state index in [2.05, 4.69) is 0 Å². The molecule has 7 heteroatoms. The second-order valence-electron chi connectivity index (χ2n) is 7.44. The van der Waals surface area contributed by atoms with Crippen molar-refractivity contribution in [1.82, 2.24) is 0 Å². The van der Waals surface area contributed by atoms with E-state index < -0.39 is 17.7 Å². The van der Waals surface area contributed by atoms with Crippen LogP contribution in [0.15, 0.2) is 72.3 Å². The van der Waals surface area contributed by atoms with Gasteiger partial charge in [0.15, 0.2) is 0 Å². The van der Waals surface area contributed by atoms with Crippen molar-refractivity contribution in [2.24, 2.45) is 0 Å². The van der Waals surface area contributed by atoms with Crippen molar-refractivity contribution in [1.29, 1.82) is 0 Å². The van der Waals surface area contributed by atoms with Crippen LogP contribution >= 0.6 is 11.6 Å². The number of aliphatic hydroxyl groups is 1. The molecule has 0 saturated carbocycles. The Balaban J connectivity index is 1.98. The summed E-state index contributed by atoms with van der Waals surface area (Å²) in [5.74, 6) is -1.52. The minimum atomic E-state index is -0.915. The number of aromatic hydroxyl groups is 1. The molecule has 1 saturated heterocycles. The standard InChI is InChI=1S/C25H20ClNO5/c1-14-3-12-20(32-2)19(13-14)23(29)21-22(15-4-10-18(28)11-5-15)27(25(31)24(21)30)17-8-6-16(26)7-9-17/h3-13,22,28-29H,1-2H3/b23-21+. The number of carbonyl (C=O) groups excluding carboxylic acids is 2. The topological polar surface area (TPSA) is 87.1 Å². The number of benzene rings is 3. The molecule has 1 aliphatic heterocycles. The molecule has 0 radical (unpaired) electrons. The zero-order valence-electron chi connectivity index (χ0n) is 17.4. The van der Waals surface area contributed by atoms with Crippen LogP contribution in [0.25, 0.3) is 5.76 Å². The first-order valence-corrected chi connectivity index (χ1v) is 10.2. The van der Waals surface area contributed by atoms with Gasteiger partial charge in [0.2, 0.25) is 0 Å². The van der Waals surface area contributed by atoms with Crippen LogP contribution in [0, 0.1) is 6.92 Å². The summed E-state index contributed by atoms with van der Waals surface area (Å²) >= 11 is 6.00. The molecular weight excluding hydrogens is 430 g/mol. The number of phenolic OH excluding ortho intramolecular Hbond substituents is 1. The second-order valence-corrected chi connectivity index (χ2v) is 7.88. The van der Waals surface area contributed by atoms with Crippen molar-refractivity contribution >= 4 is 34.7 Å². The number of carbonyl (C=O) groups is 2. The van der Waals surface area contributed by atoms with Crippen LogP contribution in [0.1, 0.15) is 22.7 Å². The zero-order chi connectivity index (χ0) is 23.0. The van der Waals surface area contributed by atoms with Crippen LogP contribution in [0.5, 0.6) is 11.5 Å². The van der Waals surface area contributed by atoms with Gasteiger partial charge in [0, 0.05) is 10.7 Å². The number of rotatable bonds is 4. The number of nitrogens with zero attached hydrogens (tertiary/aromatic N) is 1. The molecule has 1 aliphatic rings. The Kier molecular flexibility index (Phi) is 5.63. The molecular formula is C25H20ClNO5. The van der Waals surface area contributed by atoms with Gasteiger partial charge in [-0.05, 0) is 61.0 Å². The lowest BCUT2D eigenvalue weighted by atomic mass is 9.94. The quantitative estimate of drug-likeness (QED) is 0.333. The number of methoxy groups -OCH3 is 1. The molecule has 1 fully saturated rings. The third-order valence-corrected chi connectivity index (χ3v) is 5.62. The van der Waals surface area contributed by atoms with Gasteiger partial charge < -0.3 is 14.9 Å². The van der Waals surface area contributed by atoms with E-state index in [1.54, 1.807) is 48.5 Å². The van der Waals surface area contributed by atoms with Crippen molar-refractivity contribution in [3.8, 4) is 11.5 Å². The zero-order valence-corrected chi connectivity index (χ0v) is 18.1. The molecule has 32 heavy (non-hydrogen) atoms. The number of ketones is 1. The van der Waals surface area contributed by atoms with Crippen molar-refractivity contribution in [3.05, 3.63) is 94.0 Å². The average Bonchev–Trinajstić information content (AvgIpc) is 3.05. The molecule has 6 nitrogen and oxygen atoms in total.